The van der Waals surface area contributed by atoms with Crippen molar-refractivity contribution in [2.45, 2.75) is 137 Å². The summed E-state index contributed by atoms with van der Waals surface area (Å²) in [7, 11) is 0. The van der Waals surface area contributed by atoms with Crippen molar-refractivity contribution in [2.24, 2.45) is 0 Å². The Balaban J connectivity index is 5.84. The minimum atomic E-state index is -1.20. The monoisotopic (exact) mass is 550 g/mol. The standard InChI is InChI=1S/C26H46O12/c1-16(32-20(28)36-24(5,6)7)18(34-22(30)38-26(11,12)13)14-17(33-21(29)37-25(8,9)10)15-31-19(27)35-23(2,3)4/h16-18H,14-15H2,1-13H3. The number of ether oxygens (including phenoxy) is 8. The highest BCUT2D eigenvalue weighted by Gasteiger charge is 2.34. The summed E-state index contributed by atoms with van der Waals surface area (Å²) in [6, 6.07) is 0. The highest BCUT2D eigenvalue weighted by Crippen LogP contribution is 2.20. The molecule has 0 spiro atoms. The largest absolute Gasteiger partial charge is 0.509 e. The summed E-state index contributed by atoms with van der Waals surface area (Å²) in [5, 5.41) is 0. The van der Waals surface area contributed by atoms with Gasteiger partial charge >= 0.3 is 24.6 Å². The quantitative estimate of drug-likeness (QED) is 0.247. The van der Waals surface area contributed by atoms with Crippen molar-refractivity contribution in [3.8, 4) is 0 Å². The van der Waals surface area contributed by atoms with Gasteiger partial charge in [0.1, 0.15) is 47.3 Å². The van der Waals surface area contributed by atoms with E-state index in [9.17, 15) is 19.2 Å². The van der Waals surface area contributed by atoms with E-state index in [2.05, 4.69) is 0 Å². The zero-order valence-electron chi connectivity index (χ0n) is 25.0. The van der Waals surface area contributed by atoms with Gasteiger partial charge in [0.2, 0.25) is 0 Å². The lowest BCUT2D eigenvalue weighted by molar-refractivity contribution is -0.101. The van der Waals surface area contributed by atoms with Crippen molar-refractivity contribution in [1.29, 1.82) is 0 Å². The van der Waals surface area contributed by atoms with E-state index in [0.29, 0.717) is 0 Å². The molecule has 0 radical (unpaired) electrons. The predicted octanol–water partition coefficient (Wildman–Crippen LogP) is 6.31. The van der Waals surface area contributed by atoms with Crippen LogP contribution in [0.4, 0.5) is 19.2 Å². The number of carbonyl (C=O) groups excluding carboxylic acids is 4. The number of hydrogen-bond donors (Lipinski definition) is 0. The van der Waals surface area contributed by atoms with Gasteiger partial charge in [-0.15, -0.1) is 0 Å². The number of hydrogen-bond acceptors (Lipinski definition) is 12. The molecule has 0 amide bonds. The summed E-state index contributed by atoms with van der Waals surface area (Å²) >= 11 is 0. The van der Waals surface area contributed by atoms with Gasteiger partial charge in [0.15, 0.2) is 0 Å². The summed E-state index contributed by atoms with van der Waals surface area (Å²) in [4.78, 5) is 49.2. The molecule has 0 N–H and O–H groups in total. The van der Waals surface area contributed by atoms with Gasteiger partial charge in [0.05, 0.1) is 0 Å². The van der Waals surface area contributed by atoms with Crippen LogP contribution >= 0.6 is 0 Å². The van der Waals surface area contributed by atoms with Crippen molar-refractivity contribution in [2.75, 3.05) is 6.61 Å². The van der Waals surface area contributed by atoms with Gasteiger partial charge < -0.3 is 37.9 Å². The van der Waals surface area contributed by atoms with E-state index in [-0.39, 0.29) is 6.42 Å². The van der Waals surface area contributed by atoms with Gasteiger partial charge in [-0.2, -0.15) is 0 Å². The molecule has 0 bridgehead atoms. The topological polar surface area (TPSA) is 142 Å². The Morgan fingerprint density at radius 2 is 0.868 bits per heavy atom. The average Bonchev–Trinajstić information content (AvgIpc) is 2.59. The Morgan fingerprint density at radius 3 is 1.26 bits per heavy atom. The molecule has 0 aliphatic heterocycles. The molecule has 0 aromatic carbocycles. The van der Waals surface area contributed by atoms with Crippen LogP contribution in [-0.4, -0.2) is 71.9 Å². The van der Waals surface area contributed by atoms with Crippen molar-refractivity contribution >= 4 is 24.6 Å². The molecule has 3 unspecified atom stereocenters. The van der Waals surface area contributed by atoms with Gasteiger partial charge in [0.25, 0.3) is 0 Å². The second kappa shape index (κ2) is 13.7. The van der Waals surface area contributed by atoms with E-state index in [1.807, 2.05) is 0 Å². The highest BCUT2D eigenvalue weighted by molar-refractivity contribution is 5.63. The van der Waals surface area contributed by atoms with Crippen molar-refractivity contribution in [3.63, 3.8) is 0 Å². The first-order chi connectivity index (χ1) is 16.8. The molecular weight excluding hydrogens is 504 g/mol. The van der Waals surface area contributed by atoms with Gasteiger partial charge in [-0.1, -0.05) is 0 Å². The van der Waals surface area contributed by atoms with E-state index >= 15 is 0 Å². The molecule has 0 saturated carbocycles. The molecule has 0 fully saturated rings. The van der Waals surface area contributed by atoms with Gasteiger partial charge in [-0.05, 0) is 90.0 Å². The lowest BCUT2D eigenvalue weighted by atomic mass is 10.1. The number of rotatable bonds is 8. The second-order valence-electron chi connectivity index (χ2n) is 12.6. The van der Waals surface area contributed by atoms with E-state index in [4.69, 9.17) is 37.9 Å². The third kappa shape index (κ3) is 19.2. The SMILES string of the molecule is CC(OC(=O)OC(C)(C)C)C(CC(COC(=O)OC(C)(C)C)OC(=O)OC(C)(C)C)OC(=O)OC(C)(C)C. The van der Waals surface area contributed by atoms with Crippen LogP contribution in [0.5, 0.6) is 0 Å². The van der Waals surface area contributed by atoms with Crippen LogP contribution < -0.4 is 0 Å². The lowest BCUT2D eigenvalue weighted by Crippen LogP contribution is -2.41. The first-order valence-corrected chi connectivity index (χ1v) is 12.4. The fourth-order valence-corrected chi connectivity index (χ4v) is 2.49. The van der Waals surface area contributed by atoms with Crippen molar-refractivity contribution < 1.29 is 57.1 Å². The normalized spacial score (nSPS) is 14.8. The predicted molar refractivity (Wildman–Crippen MR) is 136 cm³/mol. The molecule has 12 nitrogen and oxygen atoms in total. The van der Waals surface area contributed by atoms with E-state index in [1.165, 1.54) is 6.92 Å². The Bertz CT molecular complexity index is 793. The summed E-state index contributed by atoms with van der Waals surface area (Å²) in [5.41, 5.74) is -3.39. The molecule has 222 valence electrons. The molecule has 0 saturated heterocycles. The fraction of sp³-hybridized carbons (Fsp3) is 0.846. The maximum absolute atomic E-state index is 12.4. The van der Waals surface area contributed by atoms with Crippen LogP contribution in [0.1, 0.15) is 96.4 Å². The van der Waals surface area contributed by atoms with Gasteiger partial charge in [-0.25, -0.2) is 19.2 Å². The molecule has 12 heteroatoms. The molecule has 0 rings (SSSR count). The molecular formula is C26H46O12. The highest BCUT2D eigenvalue weighted by atomic mass is 16.8. The maximum atomic E-state index is 12.4. The van der Waals surface area contributed by atoms with Crippen molar-refractivity contribution in [3.05, 3.63) is 0 Å². The van der Waals surface area contributed by atoms with E-state index < -0.39 is 71.9 Å². The Kier molecular flexibility index (Phi) is 12.7. The molecule has 0 aromatic heterocycles. The molecule has 0 aliphatic carbocycles. The Labute approximate surface area is 225 Å². The maximum Gasteiger partial charge on any atom is 0.509 e. The summed E-state index contributed by atoms with van der Waals surface area (Å²) in [6.45, 7) is 20.8. The van der Waals surface area contributed by atoms with Crippen LogP contribution in [0.25, 0.3) is 0 Å². The zero-order chi connectivity index (χ0) is 30.1. The van der Waals surface area contributed by atoms with Gasteiger partial charge in [0, 0.05) is 6.42 Å². The summed E-state index contributed by atoms with van der Waals surface area (Å²) in [6.07, 6.45) is -7.83. The van der Waals surface area contributed by atoms with E-state index in [0.717, 1.165) is 0 Å². The van der Waals surface area contributed by atoms with Crippen molar-refractivity contribution in [1.82, 2.24) is 0 Å². The third-order valence-electron chi connectivity index (χ3n) is 3.76. The smallest absolute Gasteiger partial charge is 0.430 e. The minimum absolute atomic E-state index is 0.259. The van der Waals surface area contributed by atoms with Crippen LogP contribution in [0.3, 0.4) is 0 Å². The first kappa shape index (κ1) is 35.1. The number of carbonyl (C=O) groups is 4. The van der Waals surface area contributed by atoms with Gasteiger partial charge in [-0.3, -0.25) is 0 Å². The molecule has 0 heterocycles. The van der Waals surface area contributed by atoms with Crippen LogP contribution in [0.15, 0.2) is 0 Å². The summed E-state index contributed by atoms with van der Waals surface area (Å²) in [5.74, 6) is 0. The Morgan fingerprint density at radius 1 is 0.526 bits per heavy atom. The van der Waals surface area contributed by atoms with Crippen LogP contribution in [-0.2, 0) is 37.9 Å². The second-order valence-corrected chi connectivity index (χ2v) is 12.6. The minimum Gasteiger partial charge on any atom is -0.430 e. The molecule has 38 heavy (non-hydrogen) atoms. The molecule has 3 atom stereocenters. The van der Waals surface area contributed by atoms with Crippen LogP contribution in [0, 0.1) is 0 Å². The Hall–Kier alpha value is -2.92. The molecule has 0 aliphatic rings. The average molecular weight is 551 g/mol. The summed E-state index contributed by atoms with van der Waals surface area (Å²) < 4.78 is 41.9. The first-order valence-electron chi connectivity index (χ1n) is 12.4. The third-order valence-corrected chi connectivity index (χ3v) is 3.76. The molecule has 0 aromatic rings. The van der Waals surface area contributed by atoms with E-state index in [1.54, 1.807) is 83.1 Å². The zero-order valence-corrected chi connectivity index (χ0v) is 25.0. The fourth-order valence-electron chi connectivity index (χ4n) is 2.49. The van der Waals surface area contributed by atoms with Crippen LogP contribution in [0.2, 0.25) is 0 Å². The lowest BCUT2D eigenvalue weighted by Gasteiger charge is -2.30.